The number of hydrogen-bond acceptors (Lipinski definition) is 7. The van der Waals surface area contributed by atoms with Crippen molar-refractivity contribution in [2.45, 2.75) is 50.5 Å². The average molecular weight is 453 g/mol. The van der Waals surface area contributed by atoms with Crippen LogP contribution in [0.4, 0.5) is 0 Å². The first-order valence-corrected chi connectivity index (χ1v) is 12.1. The molecule has 4 fully saturated rings. The van der Waals surface area contributed by atoms with E-state index in [-0.39, 0.29) is 11.0 Å². The molecule has 1 aromatic carbocycles. The summed E-state index contributed by atoms with van der Waals surface area (Å²) < 4.78 is 3.67. The molecule has 4 saturated carbocycles. The molecule has 0 spiro atoms. The average Bonchev–Trinajstić information content (AvgIpc) is 3.57. The number of aromatic nitrogens is 10. The number of benzene rings is 1. The van der Waals surface area contributed by atoms with Crippen LogP contribution in [0.1, 0.15) is 44.3 Å². The lowest BCUT2D eigenvalue weighted by Crippen LogP contribution is -2.57. The normalized spacial score (nSPS) is 30.0. The monoisotopic (exact) mass is 452 g/mol. The van der Waals surface area contributed by atoms with Crippen LogP contribution in [0.5, 0.6) is 0 Å². The standard InChI is InChI=1S/C24H24N10/c1-2-4-18(5-3-1)33-21-19(12-27-33)22-29-20(30-32(22)15-25-21)11-23-7-16-6-17(8-23)10-24(9-16,13-23)34-28-14-26-31-34/h1-5,12,14-17H,6-11,13H2/t16-,17-,23?,24?/m1/s1. The molecule has 2 atom stereocenters. The van der Waals surface area contributed by atoms with Gasteiger partial charge in [0, 0.05) is 6.42 Å². The van der Waals surface area contributed by atoms with Gasteiger partial charge in [0.1, 0.15) is 6.33 Å². The molecule has 9 rings (SSSR count). The molecule has 0 saturated heterocycles. The van der Waals surface area contributed by atoms with Crippen LogP contribution in [-0.2, 0) is 12.0 Å². The summed E-state index contributed by atoms with van der Waals surface area (Å²) in [6.45, 7) is 0. The van der Waals surface area contributed by atoms with Gasteiger partial charge in [0.25, 0.3) is 0 Å². The molecule has 0 aliphatic heterocycles. The van der Waals surface area contributed by atoms with Crippen LogP contribution in [0, 0.1) is 17.3 Å². The van der Waals surface area contributed by atoms with Crippen LogP contribution < -0.4 is 0 Å². The highest BCUT2D eigenvalue weighted by molar-refractivity contribution is 5.89. The minimum absolute atomic E-state index is 0.00534. The molecule has 10 heteroatoms. The molecule has 4 heterocycles. The molecule has 5 aromatic rings. The number of hydrogen-bond donors (Lipinski definition) is 0. The van der Waals surface area contributed by atoms with E-state index in [1.54, 1.807) is 12.7 Å². The first kappa shape index (κ1) is 18.7. The zero-order valence-corrected chi connectivity index (χ0v) is 18.7. The molecule has 170 valence electrons. The summed E-state index contributed by atoms with van der Waals surface area (Å²) in [5.41, 5.74) is 2.80. The van der Waals surface area contributed by atoms with Crippen LogP contribution in [0.2, 0.25) is 0 Å². The van der Waals surface area contributed by atoms with E-state index in [2.05, 4.69) is 25.5 Å². The van der Waals surface area contributed by atoms with Gasteiger partial charge in [-0.25, -0.2) is 19.2 Å². The molecule has 4 aromatic heterocycles. The summed E-state index contributed by atoms with van der Waals surface area (Å²) in [4.78, 5) is 11.6. The minimum atomic E-state index is 0.00534. The second-order valence-corrected chi connectivity index (χ2v) is 10.8. The lowest BCUT2D eigenvalue weighted by atomic mass is 9.46. The van der Waals surface area contributed by atoms with Crippen molar-refractivity contribution >= 4 is 16.7 Å². The molecular weight excluding hydrogens is 428 g/mol. The zero-order valence-electron chi connectivity index (χ0n) is 18.7. The number of rotatable bonds is 4. The number of tetrazole rings is 1. The molecule has 10 nitrogen and oxygen atoms in total. The maximum absolute atomic E-state index is 5.02. The van der Waals surface area contributed by atoms with Crippen molar-refractivity contribution in [3.63, 3.8) is 0 Å². The number of para-hydroxylation sites is 1. The quantitative estimate of drug-likeness (QED) is 0.413. The third-order valence-corrected chi connectivity index (χ3v) is 8.41. The second kappa shape index (κ2) is 6.46. The van der Waals surface area contributed by atoms with Crippen molar-refractivity contribution in [1.29, 1.82) is 0 Å². The summed E-state index contributed by atoms with van der Waals surface area (Å²) in [7, 11) is 0. The van der Waals surface area contributed by atoms with E-state index in [1.807, 2.05) is 50.5 Å². The third kappa shape index (κ3) is 2.59. The van der Waals surface area contributed by atoms with Gasteiger partial charge in [0.05, 0.1) is 22.8 Å². The molecule has 0 radical (unpaired) electrons. The first-order chi connectivity index (χ1) is 16.7. The van der Waals surface area contributed by atoms with Crippen molar-refractivity contribution in [1.82, 2.24) is 49.6 Å². The topological polar surface area (TPSA) is 105 Å². The van der Waals surface area contributed by atoms with Gasteiger partial charge in [0.2, 0.25) is 0 Å². The Hall–Kier alpha value is -3.69. The van der Waals surface area contributed by atoms with Crippen LogP contribution in [0.15, 0.2) is 49.2 Å². The lowest BCUT2D eigenvalue weighted by molar-refractivity contribution is -0.112. The second-order valence-electron chi connectivity index (χ2n) is 10.8. The maximum Gasteiger partial charge on any atom is 0.170 e. The van der Waals surface area contributed by atoms with Gasteiger partial charge in [0.15, 0.2) is 23.4 Å². The summed E-state index contributed by atoms with van der Waals surface area (Å²) >= 11 is 0. The lowest BCUT2D eigenvalue weighted by Gasteiger charge is -2.61. The first-order valence-electron chi connectivity index (χ1n) is 12.1. The fourth-order valence-electron chi connectivity index (χ4n) is 7.76. The van der Waals surface area contributed by atoms with Gasteiger partial charge in [-0.05, 0) is 73.1 Å². The van der Waals surface area contributed by atoms with E-state index >= 15 is 0 Å². The Morgan fingerprint density at radius 1 is 0.971 bits per heavy atom. The molecule has 0 unspecified atom stereocenters. The Morgan fingerprint density at radius 3 is 2.62 bits per heavy atom. The van der Waals surface area contributed by atoms with Crippen molar-refractivity contribution in [2.75, 3.05) is 0 Å². The Kier molecular flexibility index (Phi) is 3.55. The predicted octanol–water partition coefficient (Wildman–Crippen LogP) is 2.99. The summed E-state index contributed by atoms with van der Waals surface area (Å²) in [6, 6.07) is 10.1. The molecule has 0 amide bonds. The van der Waals surface area contributed by atoms with E-state index in [4.69, 9.17) is 10.1 Å². The molecule has 34 heavy (non-hydrogen) atoms. The number of fused-ring (bicyclic) bond motifs is 3. The zero-order chi connectivity index (χ0) is 22.3. The van der Waals surface area contributed by atoms with Crippen LogP contribution in [-0.4, -0.2) is 49.6 Å². The van der Waals surface area contributed by atoms with E-state index < -0.39 is 0 Å². The van der Waals surface area contributed by atoms with E-state index in [9.17, 15) is 0 Å². The fraction of sp³-hybridized carbons (Fsp3) is 0.458. The molecule has 0 N–H and O–H groups in total. The van der Waals surface area contributed by atoms with Gasteiger partial charge in [-0.2, -0.15) is 9.90 Å². The highest BCUT2D eigenvalue weighted by Crippen LogP contribution is 2.64. The van der Waals surface area contributed by atoms with Gasteiger partial charge in [-0.3, -0.25) is 0 Å². The van der Waals surface area contributed by atoms with E-state index in [0.29, 0.717) is 0 Å². The fourth-order valence-corrected chi connectivity index (χ4v) is 7.76. The molecule has 4 bridgehead atoms. The van der Waals surface area contributed by atoms with Crippen LogP contribution in [0.3, 0.4) is 0 Å². The summed E-state index contributed by atoms with van der Waals surface area (Å²) in [5, 5.41) is 23.2. The molecule has 4 aliphatic rings. The van der Waals surface area contributed by atoms with Gasteiger partial charge < -0.3 is 0 Å². The summed E-state index contributed by atoms with van der Waals surface area (Å²) in [6.07, 6.45) is 13.3. The SMILES string of the molecule is c1ccc(-n2ncc3c2ncn2nc(CC45C[C@H]6C[C@H](C4)CC(n4ncnn4)(C6)C5)nc32)cc1. The minimum Gasteiger partial charge on any atom is -0.216 e. The van der Waals surface area contributed by atoms with Crippen LogP contribution in [0.25, 0.3) is 22.4 Å². The predicted molar refractivity (Wildman–Crippen MR) is 122 cm³/mol. The highest BCUT2D eigenvalue weighted by atomic mass is 15.6. The van der Waals surface area contributed by atoms with Crippen molar-refractivity contribution in [2.24, 2.45) is 17.3 Å². The Balaban J connectivity index is 1.18. The Morgan fingerprint density at radius 2 is 1.82 bits per heavy atom. The van der Waals surface area contributed by atoms with E-state index in [1.165, 1.54) is 32.1 Å². The smallest absolute Gasteiger partial charge is 0.170 e. The van der Waals surface area contributed by atoms with Crippen molar-refractivity contribution < 1.29 is 0 Å². The molecule has 4 aliphatic carbocycles. The third-order valence-electron chi connectivity index (χ3n) is 8.41. The van der Waals surface area contributed by atoms with Gasteiger partial charge in [-0.15, -0.1) is 15.3 Å². The van der Waals surface area contributed by atoms with Gasteiger partial charge >= 0.3 is 0 Å². The van der Waals surface area contributed by atoms with Crippen molar-refractivity contribution in [3.8, 4) is 5.69 Å². The van der Waals surface area contributed by atoms with Crippen molar-refractivity contribution in [3.05, 3.63) is 55.0 Å². The Bertz CT molecular complexity index is 1500. The number of nitrogens with zero attached hydrogens (tertiary/aromatic N) is 10. The largest absolute Gasteiger partial charge is 0.216 e. The highest BCUT2D eigenvalue weighted by Gasteiger charge is 2.59. The van der Waals surface area contributed by atoms with Gasteiger partial charge in [-0.1, -0.05) is 18.2 Å². The molecular formula is C24H24N10. The Labute approximate surface area is 195 Å². The summed E-state index contributed by atoms with van der Waals surface area (Å²) in [5.74, 6) is 2.34. The van der Waals surface area contributed by atoms with Crippen LogP contribution >= 0.6 is 0 Å². The maximum atomic E-state index is 5.02. The van der Waals surface area contributed by atoms with E-state index in [0.717, 1.165) is 52.9 Å².